The van der Waals surface area contributed by atoms with Crippen LogP contribution in [0.15, 0.2) is 28.8 Å². The molecule has 1 atom stereocenters. The van der Waals surface area contributed by atoms with Crippen molar-refractivity contribution in [2.24, 2.45) is 0 Å². The van der Waals surface area contributed by atoms with Crippen molar-refractivity contribution in [1.82, 2.24) is 0 Å². The van der Waals surface area contributed by atoms with Crippen molar-refractivity contribution in [3.8, 4) is 5.75 Å². The first-order valence-electron chi connectivity index (χ1n) is 5.26. The minimum absolute atomic E-state index is 0.0844. The fourth-order valence-electron chi connectivity index (χ4n) is 1.40. The lowest BCUT2D eigenvalue weighted by Gasteiger charge is -2.14. The van der Waals surface area contributed by atoms with Crippen molar-refractivity contribution < 1.29 is 14.8 Å². The van der Waals surface area contributed by atoms with Crippen LogP contribution in [0.3, 0.4) is 0 Å². The van der Waals surface area contributed by atoms with Crippen molar-refractivity contribution in [3.05, 3.63) is 44.4 Å². The van der Waals surface area contributed by atoms with E-state index >= 15 is 0 Å². The maximum Gasteiger partial charge on any atom is 0.312 e. The Labute approximate surface area is 113 Å². The molecule has 0 saturated carbocycles. The highest BCUT2D eigenvalue weighted by molar-refractivity contribution is 9.10. The Morgan fingerprint density at radius 2 is 2.28 bits per heavy atom. The van der Waals surface area contributed by atoms with E-state index in [0.29, 0.717) is 10.0 Å². The van der Waals surface area contributed by atoms with Gasteiger partial charge >= 0.3 is 5.69 Å². The molecule has 1 N–H and O–H groups in total. The monoisotopic (exact) mass is 315 g/mol. The molecule has 1 rings (SSSR count). The average molecular weight is 316 g/mol. The molecule has 0 radical (unpaired) electrons. The summed E-state index contributed by atoms with van der Waals surface area (Å²) in [6.07, 6.45) is -0.860. The van der Waals surface area contributed by atoms with Crippen molar-refractivity contribution >= 4 is 21.6 Å². The van der Waals surface area contributed by atoms with Gasteiger partial charge < -0.3 is 9.84 Å². The number of halogens is 1. The number of aliphatic hydroxyl groups is 1. The number of nitrogens with zero attached hydrogens (tertiary/aromatic N) is 1. The Kier molecular flexibility index (Phi) is 4.86. The smallest absolute Gasteiger partial charge is 0.312 e. The van der Waals surface area contributed by atoms with Crippen LogP contribution in [0.1, 0.15) is 25.5 Å². The molecule has 1 unspecified atom stereocenters. The first kappa shape index (κ1) is 14.7. The summed E-state index contributed by atoms with van der Waals surface area (Å²) in [5, 5.41) is 20.6. The van der Waals surface area contributed by atoms with Gasteiger partial charge in [0.2, 0.25) is 5.75 Å². The largest absolute Gasteiger partial charge is 0.482 e. The molecule has 0 fully saturated rings. The summed E-state index contributed by atoms with van der Waals surface area (Å²) in [7, 11) is 0. The maximum atomic E-state index is 11.0. The standard InChI is InChI=1S/C12H14BrNO4/c1-7(2)6-18-12-10(8(3)15)4-9(13)5-11(12)14(16)17/h4-5,8,15H,1,6H2,2-3H3. The molecule has 6 heteroatoms. The molecule has 18 heavy (non-hydrogen) atoms. The molecule has 0 amide bonds. The summed E-state index contributed by atoms with van der Waals surface area (Å²) < 4.78 is 5.91. The molecule has 0 aromatic heterocycles. The molecule has 0 aliphatic rings. The van der Waals surface area contributed by atoms with Crippen LogP contribution in [0.5, 0.6) is 5.75 Å². The Morgan fingerprint density at radius 1 is 1.67 bits per heavy atom. The van der Waals surface area contributed by atoms with Crippen molar-refractivity contribution in [2.45, 2.75) is 20.0 Å². The molecule has 0 aliphatic carbocycles. The van der Waals surface area contributed by atoms with E-state index in [1.54, 1.807) is 13.0 Å². The molecule has 0 spiro atoms. The van der Waals surface area contributed by atoms with E-state index in [9.17, 15) is 15.2 Å². The van der Waals surface area contributed by atoms with Crippen molar-refractivity contribution in [3.63, 3.8) is 0 Å². The minimum Gasteiger partial charge on any atom is -0.482 e. The number of hydrogen-bond acceptors (Lipinski definition) is 4. The predicted octanol–water partition coefficient (Wildman–Crippen LogP) is 3.37. The molecular weight excluding hydrogens is 302 g/mol. The summed E-state index contributed by atoms with van der Waals surface area (Å²) in [6.45, 7) is 7.12. The topological polar surface area (TPSA) is 72.6 Å². The lowest BCUT2D eigenvalue weighted by atomic mass is 10.1. The van der Waals surface area contributed by atoms with Gasteiger partial charge in [-0.25, -0.2) is 0 Å². The first-order valence-corrected chi connectivity index (χ1v) is 6.05. The van der Waals surface area contributed by atoms with Crippen LogP contribution in [0.25, 0.3) is 0 Å². The SMILES string of the molecule is C=C(C)COc1c(C(C)O)cc(Br)cc1[N+](=O)[O-]. The summed E-state index contributed by atoms with van der Waals surface area (Å²) >= 11 is 3.18. The first-order chi connectivity index (χ1) is 8.32. The number of nitro groups is 1. The fourth-order valence-corrected chi connectivity index (χ4v) is 1.86. The van der Waals surface area contributed by atoms with Crippen LogP contribution in [0.2, 0.25) is 0 Å². The molecule has 98 valence electrons. The number of benzene rings is 1. The number of hydrogen-bond donors (Lipinski definition) is 1. The van der Waals surface area contributed by atoms with Crippen LogP contribution in [0, 0.1) is 10.1 Å². The van der Waals surface area contributed by atoms with Gasteiger partial charge in [0.1, 0.15) is 6.61 Å². The molecule has 0 heterocycles. The van der Waals surface area contributed by atoms with Gasteiger partial charge in [-0.1, -0.05) is 22.5 Å². The van der Waals surface area contributed by atoms with E-state index in [0.717, 1.165) is 5.57 Å². The third-order valence-corrected chi connectivity index (χ3v) is 2.63. The summed E-state index contributed by atoms with van der Waals surface area (Å²) in [4.78, 5) is 10.5. The van der Waals surface area contributed by atoms with Gasteiger partial charge in [0.25, 0.3) is 0 Å². The lowest BCUT2D eigenvalue weighted by Crippen LogP contribution is -2.06. The van der Waals surface area contributed by atoms with Crippen LogP contribution < -0.4 is 4.74 Å². The van der Waals surface area contributed by atoms with Crippen molar-refractivity contribution in [2.75, 3.05) is 6.61 Å². The molecule has 0 bridgehead atoms. The third kappa shape index (κ3) is 3.54. The molecule has 5 nitrogen and oxygen atoms in total. The van der Waals surface area contributed by atoms with Gasteiger partial charge in [-0.3, -0.25) is 10.1 Å². The zero-order valence-corrected chi connectivity index (χ0v) is 11.7. The highest BCUT2D eigenvalue weighted by Gasteiger charge is 2.23. The van der Waals surface area contributed by atoms with Crippen LogP contribution in [0.4, 0.5) is 5.69 Å². The van der Waals surface area contributed by atoms with Gasteiger partial charge in [-0.2, -0.15) is 0 Å². The Morgan fingerprint density at radius 3 is 2.72 bits per heavy atom. The van der Waals surface area contributed by atoms with Crippen LogP contribution in [-0.4, -0.2) is 16.6 Å². The molecule has 0 saturated heterocycles. The number of aliphatic hydroxyl groups excluding tert-OH is 1. The predicted molar refractivity (Wildman–Crippen MR) is 71.7 cm³/mol. The van der Waals surface area contributed by atoms with Crippen LogP contribution in [-0.2, 0) is 0 Å². The molecule has 0 aliphatic heterocycles. The summed E-state index contributed by atoms with van der Waals surface area (Å²) in [6, 6.07) is 2.95. The van der Waals surface area contributed by atoms with E-state index in [4.69, 9.17) is 4.74 Å². The van der Waals surface area contributed by atoms with Gasteiger partial charge in [0.05, 0.1) is 11.0 Å². The Balaban J connectivity index is 3.31. The second-order valence-corrected chi connectivity index (χ2v) is 4.94. The minimum atomic E-state index is -0.860. The lowest BCUT2D eigenvalue weighted by molar-refractivity contribution is -0.386. The van der Waals surface area contributed by atoms with E-state index in [2.05, 4.69) is 22.5 Å². The van der Waals surface area contributed by atoms with E-state index in [1.165, 1.54) is 13.0 Å². The average Bonchev–Trinajstić information content (AvgIpc) is 2.25. The van der Waals surface area contributed by atoms with E-state index < -0.39 is 11.0 Å². The van der Waals surface area contributed by atoms with E-state index in [-0.39, 0.29) is 18.0 Å². The van der Waals surface area contributed by atoms with Crippen LogP contribution >= 0.6 is 15.9 Å². The zero-order chi connectivity index (χ0) is 13.9. The highest BCUT2D eigenvalue weighted by atomic mass is 79.9. The number of rotatable bonds is 5. The van der Waals surface area contributed by atoms with E-state index in [1.807, 2.05) is 0 Å². The van der Waals surface area contributed by atoms with Gasteiger partial charge in [-0.05, 0) is 25.5 Å². The Hall–Kier alpha value is -1.40. The second kappa shape index (κ2) is 5.97. The normalized spacial score (nSPS) is 12.0. The maximum absolute atomic E-state index is 11.0. The molecular formula is C12H14BrNO4. The highest BCUT2D eigenvalue weighted by Crippen LogP contribution is 2.37. The second-order valence-electron chi connectivity index (χ2n) is 4.02. The van der Waals surface area contributed by atoms with Gasteiger partial charge in [0, 0.05) is 16.1 Å². The Bertz CT molecular complexity index is 485. The summed E-state index contributed by atoms with van der Waals surface area (Å²) in [5.41, 5.74) is 0.933. The number of nitro benzene ring substituents is 1. The quantitative estimate of drug-likeness (QED) is 0.513. The molecule has 1 aromatic rings. The molecule has 1 aromatic carbocycles. The zero-order valence-electron chi connectivity index (χ0n) is 10.1. The fraction of sp³-hybridized carbons (Fsp3) is 0.333. The number of ether oxygens (including phenoxy) is 1. The van der Waals surface area contributed by atoms with Gasteiger partial charge in [0.15, 0.2) is 0 Å². The third-order valence-electron chi connectivity index (χ3n) is 2.17. The van der Waals surface area contributed by atoms with Gasteiger partial charge in [-0.15, -0.1) is 0 Å². The summed E-state index contributed by atoms with van der Waals surface area (Å²) in [5.74, 6) is 0.0844. The van der Waals surface area contributed by atoms with Crippen molar-refractivity contribution in [1.29, 1.82) is 0 Å².